The number of hydrogen-bond acceptors (Lipinski definition) is 6. The average Bonchev–Trinajstić information content (AvgIpc) is 2.67. The smallest absolute Gasteiger partial charge is 0.269 e. The van der Waals surface area contributed by atoms with E-state index in [4.69, 9.17) is 11.6 Å². The van der Waals surface area contributed by atoms with Crippen molar-refractivity contribution < 1.29 is 9.72 Å². The van der Waals surface area contributed by atoms with Gasteiger partial charge in [0.2, 0.25) is 0 Å². The highest BCUT2D eigenvalue weighted by Crippen LogP contribution is 2.22. The molecule has 1 aromatic heterocycles. The van der Waals surface area contributed by atoms with Gasteiger partial charge in [-0.15, -0.1) is 10.2 Å². The van der Waals surface area contributed by atoms with E-state index >= 15 is 0 Å². The SMILES string of the molecule is O=C(CSc1ccc(-c2ccc(Cl)cc2)nn1)c1ccc([N+](=O)[O-])cc1. The largest absolute Gasteiger partial charge is 0.293 e. The Hall–Kier alpha value is -2.77. The maximum absolute atomic E-state index is 12.2. The number of Topliss-reactive ketones (excluding diaryl/α,β-unsaturated/α-hetero) is 1. The first-order valence-electron chi connectivity index (χ1n) is 7.53. The number of nitro groups is 1. The molecule has 6 nitrogen and oxygen atoms in total. The van der Waals surface area contributed by atoms with E-state index in [1.165, 1.54) is 36.0 Å². The predicted octanol–water partition coefficient (Wildman–Crippen LogP) is 4.68. The molecule has 0 saturated carbocycles. The molecule has 3 aromatic rings. The van der Waals surface area contributed by atoms with Crippen LogP contribution >= 0.6 is 23.4 Å². The van der Waals surface area contributed by atoms with Crippen molar-refractivity contribution in [3.63, 3.8) is 0 Å². The molecular formula is C18H12ClN3O3S. The van der Waals surface area contributed by atoms with E-state index in [9.17, 15) is 14.9 Å². The maximum atomic E-state index is 12.2. The number of nitrogens with zero attached hydrogens (tertiary/aromatic N) is 3. The number of aromatic nitrogens is 2. The summed E-state index contributed by atoms with van der Waals surface area (Å²) < 4.78 is 0. The number of benzene rings is 2. The molecule has 1 heterocycles. The fourth-order valence-electron chi connectivity index (χ4n) is 2.16. The van der Waals surface area contributed by atoms with E-state index in [0.717, 1.165) is 5.56 Å². The molecule has 0 spiro atoms. The Morgan fingerprint density at radius 3 is 2.27 bits per heavy atom. The minimum absolute atomic E-state index is 0.0437. The van der Waals surface area contributed by atoms with Gasteiger partial charge in [-0.3, -0.25) is 14.9 Å². The minimum atomic E-state index is -0.499. The summed E-state index contributed by atoms with van der Waals surface area (Å²) in [7, 11) is 0. The summed E-state index contributed by atoms with van der Waals surface area (Å²) >= 11 is 7.13. The van der Waals surface area contributed by atoms with Crippen LogP contribution in [0.15, 0.2) is 65.7 Å². The van der Waals surface area contributed by atoms with Crippen LogP contribution in [-0.2, 0) is 0 Å². The Labute approximate surface area is 158 Å². The molecule has 0 bridgehead atoms. The Morgan fingerprint density at radius 1 is 1.00 bits per heavy atom. The summed E-state index contributed by atoms with van der Waals surface area (Å²) in [6.07, 6.45) is 0. The van der Waals surface area contributed by atoms with Gasteiger partial charge < -0.3 is 0 Å². The lowest BCUT2D eigenvalue weighted by Crippen LogP contribution is -2.03. The highest BCUT2D eigenvalue weighted by atomic mass is 35.5. The lowest BCUT2D eigenvalue weighted by molar-refractivity contribution is -0.384. The first-order valence-corrected chi connectivity index (χ1v) is 8.89. The van der Waals surface area contributed by atoms with Gasteiger partial charge in [0.15, 0.2) is 5.78 Å². The molecular weight excluding hydrogens is 374 g/mol. The first-order chi connectivity index (χ1) is 12.5. The fraction of sp³-hybridized carbons (Fsp3) is 0.0556. The van der Waals surface area contributed by atoms with Crippen LogP contribution in [0.25, 0.3) is 11.3 Å². The van der Waals surface area contributed by atoms with Gasteiger partial charge in [0.05, 0.1) is 16.4 Å². The van der Waals surface area contributed by atoms with Crippen molar-refractivity contribution in [1.82, 2.24) is 10.2 Å². The summed E-state index contributed by atoms with van der Waals surface area (Å²) in [5.41, 5.74) is 2.00. The van der Waals surface area contributed by atoms with Crippen LogP contribution in [0.3, 0.4) is 0 Å². The van der Waals surface area contributed by atoms with E-state index in [1.807, 2.05) is 18.2 Å². The van der Waals surface area contributed by atoms with Crippen LogP contribution in [0.2, 0.25) is 5.02 Å². The van der Waals surface area contributed by atoms with E-state index in [-0.39, 0.29) is 17.2 Å². The van der Waals surface area contributed by atoms with Crippen LogP contribution in [0.5, 0.6) is 0 Å². The third-order valence-electron chi connectivity index (χ3n) is 3.53. The van der Waals surface area contributed by atoms with Crippen molar-refractivity contribution in [3.8, 4) is 11.3 Å². The van der Waals surface area contributed by atoms with Crippen molar-refractivity contribution in [3.05, 3.63) is 81.4 Å². The first kappa shape index (κ1) is 18.0. The van der Waals surface area contributed by atoms with Gasteiger partial charge in [0.1, 0.15) is 5.03 Å². The molecule has 0 fully saturated rings. The van der Waals surface area contributed by atoms with Crippen LogP contribution in [0.1, 0.15) is 10.4 Å². The molecule has 0 saturated heterocycles. The average molecular weight is 386 g/mol. The Balaban J connectivity index is 1.61. The van der Waals surface area contributed by atoms with E-state index in [0.29, 0.717) is 21.3 Å². The van der Waals surface area contributed by atoms with Crippen molar-refractivity contribution >= 4 is 34.8 Å². The fourth-order valence-corrected chi connectivity index (χ4v) is 3.00. The predicted molar refractivity (Wildman–Crippen MR) is 101 cm³/mol. The minimum Gasteiger partial charge on any atom is -0.293 e. The maximum Gasteiger partial charge on any atom is 0.269 e. The third-order valence-corrected chi connectivity index (χ3v) is 4.70. The lowest BCUT2D eigenvalue weighted by atomic mass is 10.1. The molecule has 8 heteroatoms. The summed E-state index contributed by atoms with van der Waals surface area (Å²) in [5, 5.41) is 20.2. The van der Waals surface area contributed by atoms with Gasteiger partial charge >= 0.3 is 0 Å². The molecule has 2 aromatic carbocycles. The number of carbonyl (C=O) groups excluding carboxylic acids is 1. The van der Waals surface area contributed by atoms with Gasteiger partial charge in [-0.25, -0.2) is 0 Å². The van der Waals surface area contributed by atoms with Crippen LogP contribution in [0.4, 0.5) is 5.69 Å². The van der Waals surface area contributed by atoms with Gasteiger partial charge in [0.25, 0.3) is 5.69 Å². The zero-order chi connectivity index (χ0) is 18.5. The summed E-state index contributed by atoms with van der Waals surface area (Å²) in [6.45, 7) is 0. The van der Waals surface area contributed by atoms with Gasteiger partial charge in [-0.2, -0.15) is 0 Å². The summed E-state index contributed by atoms with van der Waals surface area (Å²) in [6, 6.07) is 16.5. The van der Waals surface area contributed by atoms with Gasteiger partial charge in [-0.1, -0.05) is 35.5 Å². The number of carbonyl (C=O) groups is 1. The molecule has 0 unspecified atom stereocenters. The van der Waals surface area contributed by atoms with Crippen molar-refractivity contribution in [2.24, 2.45) is 0 Å². The zero-order valence-electron chi connectivity index (χ0n) is 13.3. The lowest BCUT2D eigenvalue weighted by Gasteiger charge is -2.03. The van der Waals surface area contributed by atoms with E-state index in [1.54, 1.807) is 18.2 Å². The van der Waals surface area contributed by atoms with Gasteiger partial charge in [-0.05, 0) is 36.4 Å². The highest BCUT2D eigenvalue weighted by Gasteiger charge is 2.11. The second-order valence-corrected chi connectivity index (χ2v) is 6.71. The zero-order valence-corrected chi connectivity index (χ0v) is 14.9. The monoisotopic (exact) mass is 385 g/mol. The summed E-state index contributed by atoms with van der Waals surface area (Å²) in [5.74, 6) is 0.0424. The number of nitro benzene ring substituents is 1. The quantitative estimate of drug-likeness (QED) is 0.265. The Morgan fingerprint density at radius 2 is 1.69 bits per heavy atom. The Kier molecular flexibility index (Phi) is 5.60. The number of rotatable bonds is 6. The second-order valence-electron chi connectivity index (χ2n) is 5.28. The molecule has 0 amide bonds. The Bertz CT molecular complexity index is 929. The molecule has 0 atom stereocenters. The number of halogens is 1. The number of ketones is 1. The van der Waals surface area contributed by atoms with Crippen LogP contribution in [0, 0.1) is 10.1 Å². The highest BCUT2D eigenvalue weighted by molar-refractivity contribution is 7.99. The number of thioether (sulfide) groups is 1. The molecule has 0 aliphatic rings. The van der Waals surface area contributed by atoms with Crippen molar-refractivity contribution in [2.45, 2.75) is 5.03 Å². The third kappa shape index (κ3) is 4.44. The van der Waals surface area contributed by atoms with Crippen molar-refractivity contribution in [1.29, 1.82) is 0 Å². The van der Waals surface area contributed by atoms with Crippen LogP contribution in [-0.4, -0.2) is 26.7 Å². The van der Waals surface area contributed by atoms with E-state index < -0.39 is 4.92 Å². The molecule has 0 aliphatic heterocycles. The van der Waals surface area contributed by atoms with Crippen LogP contribution < -0.4 is 0 Å². The molecule has 0 radical (unpaired) electrons. The van der Waals surface area contributed by atoms with E-state index in [2.05, 4.69) is 10.2 Å². The molecule has 130 valence electrons. The van der Waals surface area contributed by atoms with Gasteiger partial charge in [0, 0.05) is 28.3 Å². The number of hydrogen-bond donors (Lipinski definition) is 0. The number of non-ortho nitro benzene ring substituents is 1. The molecule has 0 N–H and O–H groups in total. The molecule has 3 rings (SSSR count). The second kappa shape index (κ2) is 8.07. The normalized spacial score (nSPS) is 10.5. The summed E-state index contributed by atoms with van der Waals surface area (Å²) in [4.78, 5) is 22.3. The molecule has 26 heavy (non-hydrogen) atoms. The van der Waals surface area contributed by atoms with Crippen molar-refractivity contribution in [2.75, 3.05) is 5.75 Å². The standard InChI is InChI=1S/C18H12ClN3O3S/c19-14-5-1-12(2-6-14)16-9-10-18(21-20-16)26-11-17(23)13-3-7-15(8-4-13)22(24)25/h1-10H,11H2. The molecule has 0 aliphatic carbocycles. The topological polar surface area (TPSA) is 86.0 Å².